The van der Waals surface area contributed by atoms with Crippen LogP contribution in [0.5, 0.6) is 0 Å². The van der Waals surface area contributed by atoms with Crippen LogP contribution in [0.25, 0.3) is 0 Å². The summed E-state index contributed by atoms with van der Waals surface area (Å²) in [6.07, 6.45) is -5.89. The first-order valence-corrected chi connectivity index (χ1v) is 6.32. The number of amides is 1. The van der Waals surface area contributed by atoms with Crippen molar-refractivity contribution in [3.8, 4) is 0 Å². The molecule has 0 aromatic carbocycles. The highest BCUT2D eigenvalue weighted by Crippen LogP contribution is 2.53. The molecule has 0 aliphatic carbocycles. The second-order valence-electron chi connectivity index (χ2n) is 4.61. The Hall–Kier alpha value is -1.20. The second-order valence-corrected chi connectivity index (χ2v) is 4.61. The number of aliphatic hydroxyl groups is 1. The first-order chi connectivity index (χ1) is 10.2. The van der Waals surface area contributed by atoms with Gasteiger partial charge in [0, 0.05) is 13.2 Å². The Kier molecular flexibility index (Phi) is 7.18. The Morgan fingerprint density at radius 1 is 0.783 bits per heavy atom. The third-order valence-corrected chi connectivity index (χ3v) is 2.80. The SMILES string of the molecule is O=C(NCCCCCCO)C(F)(F)C(F)(F)C(F)(F)C(F)(F)F. The molecule has 0 aromatic rings. The lowest BCUT2D eigenvalue weighted by Gasteiger charge is -2.32. The molecule has 0 aromatic heterocycles. The molecule has 2 N–H and O–H groups in total. The molecular formula is C11H14F9NO2. The Morgan fingerprint density at radius 2 is 1.26 bits per heavy atom. The summed E-state index contributed by atoms with van der Waals surface area (Å²) in [6.45, 7) is -0.767. The highest BCUT2D eigenvalue weighted by molar-refractivity contribution is 5.84. The van der Waals surface area contributed by atoms with Crippen molar-refractivity contribution in [2.45, 2.75) is 49.6 Å². The highest BCUT2D eigenvalue weighted by atomic mass is 19.4. The average Bonchev–Trinajstić information content (AvgIpc) is 2.40. The van der Waals surface area contributed by atoms with E-state index in [1.807, 2.05) is 0 Å². The van der Waals surface area contributed by atoms with E-state index in [0.29, 0.717) is 19.3 Å². The molecule has 0 aliphatic heterocycles. The van der Waals surface area contributed by atoms with Gasteiger partial charge in [0.05, 0.1) is 0 Å². The van der Waals surface area contributed by atoms with Gasteiger partial charge in [-0.3, -0.25) is 4.79 Å². The minimum absolute atomic E-state index is 0.0109. The number of halogens is 9. The third-order valence-electron chi connectivity index (χ3n) is 2.80. The molecule has 0 radical (unpaired) electrons. The van der Waals surface area contributed by atoms with Crippen LogP contribution < -0.4 is 5.32 Å². The zero-order chi connectivity index (χ0) is 18.5. The fourth-order valence-electron chi connectivity index (χ4n) is 1.42. The number of aliphatic hydroxyl groups excluding tert-OH is 1. The van der Waals surface area contributed by atoms with Gasteiger partial charge in [-0.15, -0.1) is 0 Å². The summed E-state index contributed by atoms with van der Waals surface area (Å²) in [5.74, 6) is -23.2. The van der Waals surface area contributed by atoms with Gasteiger partial charge in [0.2, 0.25) is 0 Å². The van der Waals surface area contributed by atoms with Crippen LogP contribution >= 0.6 is 0 Å². The zero-order valence-corrected chi connectivity index (χ0v) is 11.5. The Bertz CT molecular complexity index is 395. The summed E-state index contributed by atoms with van der Waals surface area (Å²) in [5.41, 5.74) is 0. The van der Waals surface area contributed by atoms with E-state index in [2.05, 4.69) is 0 Å². The fraction of sp³-hybridized carbons (Fsp3) is 0.909. The summed E-state index contributed by atoms with van der Waals surface area (Å²) in [5, 5.41) is 9.63. The summed E-state index contributed by atoms with van der Waals surface area (Å²) >= 11 is 0. The van der Waals surface area contributed by atoms with Gasteiger partial charge in [-0.2, -0.15) is 39.5 Å². The quantitative estimate of drug-likeness (QED) is 0.489. The number of nitrogens with one attached hydrogen (secondary N) is 1. The van der Waals surface area contributed by atoms with Crippen molar-refractivity contribution in [1.29, 1.82) is 0 Å². The van der Waals surface area contributed by atoms with Crippen LogP contribution in [0.1, 0.15) is 25.7 Å². The molecule has 0 fully saturated rings. The minimum Gasteiger partial charge on any atom is -0.396 e. The summed E-state index contributed by atoms with van der Waals surface area (Å²) < 4.78 is 113. The van der Waals surface area contributed by atoms with Crippen molar-refractivity contribution < 1.29 is 49.4 Å². The van der Waals surface area contributed by atoms with Gasteiger partial charge >= 0.3 is 23.9 Å². The topological polar surface area (TPSA) is 49.3 Å². The van der Waals surface area contributed by atoms with Crippen molar-refractivity contribution in [1.82, 2.24) is 5.32 Å². The first kappa shape index (κ1) is 21.8. The Balaban J connectivity index is 4.85. The summed E-state index contributed by atoms with van der Waals surface area (Å²) in [6, 6.07) is 0. The maximum absolute atomic E-state index is 13.1. The van der Waals surface area contributed by atoms with E-state index in [0.717, 1.165) is 0 Å². The standard InChI is InChI=1S/C11H14F9NO2/c12-8(13,7(23)21-5-3-1-2-4-6-22)9(14,15)10(16,17)11(18,19)20/h22H,1-6H2,(H,21,23). The fourth-order valence-corrected chi connectivity index (χ4v) is 1.42. The average molecular weight is 363 g/mol. The lowest BCUT2D eigenvalue weighted by molar-refractivity contribution is -0.388. The van der Waals surface area contributed by atoms with E-state index in [-0.39, 0.29) is 13.0 Å². The van der Waals surface area contributed by atoms with Crippen molar-refractivity contribution in [2.75, 3.05) is 13.2 Å². The smallest absolute Gasteiger partial charge is 0.396 e. The zero-order valence-electron chi connectivity index (χ0n) is 11.5. The van der Waals surface area contributed by atoms with Gasteiger partial charge in [0.25, 0.3) is 5.91 Å². The van der Waals surface area contributed by atoms with Gasteiger partial charge < -0.3 is 10.4 Å². The van der Waals surface area contributed by atoms with Crippen LogP contribution in [-0.4, -0.2) is 48.1 Å². The highest BCUT2D eigenvalue weighted by Gasteiger charge is 2.83. The lowest BCUT2D eigenvalue weighted by atomic mass is 10.0. The van der Waals surface area contributed by atoms with Crippen LogP contribution in [0.4, 0.5) is 39.5 Å². The van der Waals surface area contributed by atoms with E-state index in [4.69, 9.17) is 5.11 Å². The molecule has 23 heavy (non-hydrogen) atoms. The monoisotopic (exact) mass is 363 g/mol. The molecule has 0 aliphatic rings. The Morgan fingerprint density at radius 3 is 1.70 bits per heavy atom. The van der Waals surface area contributed by atoms with Gasteiger partial charge in [0.15, 0.2) is 0 Å². The van der Waals surface area contributed by atoms with Crippen molar-refractivity contribution in [3.05, 3.63) is 0 Å². The Labute approximate surface area is 124 Å². The van der Waals surface area contributed by atoms with E-state index in [1.165, 1.54) is 5.32 Å². The third kappa shape index (κ3) is 4.64. The van der Waals surface area contributed by atoms with E-state index >= 15 is 0 Å². The van der Waals surface area contributed by atoms with E-state index in [9.17, 15) is 44.3 Å². The molecule has 0 heterocycles. The molecule has 1 amide bonds. The number of carbonyl (C=O) groups is 1. The predicted molar refractivity (Wildman–Crippen MR) is 59.5 cm³/mol. The van der Waals surface area contributed by atoms with Crippen molar-refractivity contribution in [2.24, 2.45) is 0 Å². The lowest BCUT2D eigenvalue weighted by Crippen LogP contribution is -2.65. The number of hydrogen-bond donors (Lipinski definition) is 2. The van der Waals surface area contributed by atoms with Crippen LogP contribution in [0.15, 0.2) is 0 Å². The van der Waals surface area contributed by atoms with Crippen molar-refractivity contribution >= 4 is 5.91 Å². The summed E-state index contributed by atoms with van der Waals surface area (Å²) in [7, 11) is 0. The maximum atomic E-state index is 13.1. The van der Waals surface area contributed by atoms with Crippen LogP contribution in [0, 0.1) is 0 Å². The van der Waals surface area contributed by atoms with Crippen LogP contribution in [0.2, 0.25) is 0 Å². The summed E-state index contributed by atoms with van der Waals surface area (Å²) in [4.78, 5) is 10.9. The van der Waals surface area contributed by atoms with Gasteiger partial charge in [-0.05, 0) is 12.8 Å². The maximum Gasteiger partial charge on any atom is 0.460 e. The number of alkyl halides is 9. The normalized spacial score (nSPS) is 14.0. The molecule has 138 valence electrons. The molecule has 0 spiro atoms. The van der Waals surface area contributed by atoms with E-state index < -0.39 is 36.4 Å². The molecule has 0 bridgehead atoms. The molecule has 0 saturated carbocycles. The van der Waals surface area contributed by atoms with E-state index in [1.54, 1.807) is 0 Å². The molecule has 0 saturated heterocycles. The molecule has 0 atom stereocenters. The van der Waals surface area contributed by atoms with Crippen LogP contribution in [0.3, 0.4) is 0 Å². The molecule has 12 heteroatoms. The number of rotatable bonds is 9. The molecule has 0 rings (SSSR count). The van der Waals surface area contributed by atoms with Gasteiger partial charge in [-0.25, -0.2) is 0 Å². The number of hydrogen-bond acceptors (Lipinski definition) is 2. The largest absolute Gasteiger partial charge is 0.460 e. The van der Waals surface area contributed by atoms with Gasteiger partial charge in [-0.1, -0.05) is 12.8 Å². The number of carbonyl (C=O) groups excluding carboxylic acids is 1. The van der Waals surface area contributed by atoms with Crippen molar-refractivity contribution in [3.63, 3.8) is 0 Å². The minimum atomic E-state index is -7.08. The molecule has 3 nitrogen and oxygen atoms in total. The van der Waals surface area contributed by atoms with Crippen LogP contribution in [-0.2, 0) is 4.79 Å². The number of unbranched alkanes of at least 4 members (excludes halogenated alkanes) is 3. The molecular weight excluding hydrogens is 349 g/mol. The predicted octanol–water partition coefficient (Wildman–Crippen LogP) is 3.12. The second kappa shape index (κ2) is 7.58. The molecule has 0 unspecified atom stereocenters. The van der Waals surface area contributed by atoms with Gasteiger partial charge in [0.1, 0.15) is 0 Å². The first-order valence-electron chi connectivity index (χ1n) is 6.32.